The van der Waals surface area contributed by atoms with Gasteiger partial charge in [-0.15, -0.1) is 0 Å². The molecule has 0 amide bonds. The van der Waals surface area contributed by atoms with Crippen LogP contribution in [0.5, 0.6) is 0 Å². The van der Waals surface area contributed by atoms with Crippen molar-refractivity contribution in [3.63, 3.8) is 0 Å². The van der Waals surface area contributed by atoms with Crippen LogP contribution in [0.25, 0.3) is 0 Å². The van der Waals surface area contributed by atoms with Crippen molar-refractivity contribution in [2.45, 2.75) is 36.0 Å². The molecule has 0 aliphatic carbocycles. The minimum atomic E-state index is 0.772. The molecule has 0 unspecified atom stereocenters. The minimum Gasteiger partial charge on any atom is -0.313 e. The largest absolute Gasteiger partial charge is 0.313 e. The van der Waals surface area contributed by atoms with E-state index < -0.39 is 0 Å². The van der Waals surface area contributed by atoms with Crippen molar-refractivity contribution in [3.8, 4) is 0 Å². The van der Waals surface area contributed by atoms with Crippen LogP contribution >= 0.6 is 34.9 Å². The van der Waals surface area contributed by atoms with Gasteiger partial charge in [0, 0.05) is 17.9 Å². The quantitative estimate of drug-likeness (QED) is 0.874. The van der Waals surface area contributed by atoms with E-state index in [4.69, 9.17) is 11.6 Å². The predicted molar refractivity (Wildman–Crippen MR) is 82.2 cm³/mol. The fourth-order valence-corrected chi connectivity index (χ4v) is 3.50. The van der Waals surface area contributed by atoms with E-state index in [0.29, 0.717) is 0 Å². The Hall–Kier alpha value is -0.620. The summed E-state index contributed by atoms with van der Waals surface area (Å²) in [6, 6.07) is 6.15. The number of benzene rings is 1. The second-order valence-corrected chi connectivity index (χ2v) is 6.43. The number of hydrogen-bond donors (Lipinski definition) is 1. The summed E-state index contributed by atoms with van der Waals surface area (Å²) in [5, 5.41) is 4.06. The summed E-state index contributed by atoms with van der Waals surface area (Å²) in [5.41, 5.74) is 1.20. The Balaban J connectivity index is 2.08. The van der Waals surface area contributed by atoms with E-state index in [-0.39, 0.29) is 0 Å². The molecule has 19 heavy (non-hydrogen) atoms. The van der Waals surface area contributed by atoms with Crippen LogP contribution in [-0.2, 0) is 13.0 Å². The van der Waals surface area contributed by atoms with Gasteiger partial charge in [-0.3, -0.25) is 0 Å². The summed E-state index contributed by atoms with van der Waals surface area (Å²) in [7, 11) is 0. The molecule has 1 aromatic carbocycles. The molecule has 0 spiro atoms. The van der Waals surface area contributed by atoms with Crippen LogP contribution in [0, 0.1) is 0 Å². The summed E-state index contributed by atoms with van der Waals surface area (Å²) >= 11 is 9.31. The van der Waals surface area contributed by atoms with E-state index in [1.807, 2.05) is 12.1 Å². The number of nitrogens with one attached hydrogen (secondary N) is 1. The highest BCUT2D eigenvalue weighted by Crippen LogP contribution is 2.34. The molecule has 3 nitrogen and oxygen atoms in total. The first kappa shape index (κ1) is 14.8. The first-order chi connectivity index (χ1) is 9.22. The van der Waals surface area contributed by atoms with Crippen molar-refractivity contribution < 1.29 is 0 Å². The second-order valence-electron chi connectivity index (χ2n) is 3.98. The van der Waals surface area contributed by atoms with Gasteiger partial charge in [0.2, 0.25) is 0 Å². The number of aryl methyl sites for hydroxylation is 1. The molecule has 2 aromatic rings. The highest BCUT2D eigenvalue weighted by atomic mass is 35.5. The van der Waals surface area contributed by atoms with Gasteiger partial charge in [0.05, 0.1) is 5.02 Å². The third kappa shape index (κ3) is 4.18. The van der Waals surface area contributed by atoms with Crippen LogP contribution in [0.15, 0.2) is 27.4 Å². The molecule has 0 bridgehead atoms. The van der Waals surface area contributed by atoms with Crippen molar-refractivity contribution in [3.05, 3.63) is 34.6 Å². The number of hydrogen-bond acceptors (Lipinski definition) is 5. The highest BCUT2D eigenvalue weighted by Gasteiger charge is 2.08. The smallest absolute Gasteiger partial charge is 0.174 e. The van der Waals surface area contributed by atoms with E-state index in [1.54, 1.807) is 11.8 Å². The Kier molecular flexibility index (Phi) is 5.63. The van der Waals surface area contributed by atoms with Gasteiger partial charge in [-0.1, -0.05) is 43.3 Å². The maximum atomic E-state index is 6.31. The summed E-state index contributed by atoms with van der Waals surface area (Å²) in [6.45, 7) is 5.95. The lowest BCUT2D eigenvalue weighted by atomic mass is 10.2. The molecule has 0 saturated heterocycles. The monoisotopic (exact) mass is 313 g/mol. The SMILES string of the molecule is CCNCc1ccc(Sc2nc(CC)ns2)c(Cl)c1. The lowest BCUT2D eigenvalue weighted by molar-refractivity contribution is 0.726. The normalized spacial score (nSPS) is 10.9. The fraction of sp³-hybridized carbons (Fsp3) is 0.385. The number of nitrogens with zero attached hydrogens (tertiary/aromatic N) is 2. The summed E-state index contributed by atoms with van der Waals surface area (Å²) in [5.74, 6) is 0.896. The molecular formula is C13H16ClN3S2. The van der Waals surface area contributed by atoms with Gasteiger partial charge in [0.25, 0.3) is 0 Å². The second kappa shape index (κ2) is 7.24. The molecule has 0 saturated carbocycles. The molecule has 1 N–H and O–H groups in total. The maximum absolute atomic E-state index is 6.31. The Bertz CT molecular complexity index is 542. The van der Waals surface area contributed by atoms with Crippen LogP contribution in [-0.4, -0.2) is 15.9 Å². The average Bonchev–Trinajstić information content (AvgIpc) is 2.87. The van der Waals surface area contributed by atoms with E-state index in [0.717, 1.165) is 39.6 Å². The van der Waals surface area contributed by atoms with Gasteiger partial charge in [-0.2, -0.15) is 4.37 Å². The minimum absolute atomic E-state index is 0.772. The topological polar surface area (TPSA) is 37.8 Å². The third-order valence-corrected chi connectivity index (χ3v) is 4.83. The van der Waals surface area contributed by atoms with Crippen LogP contribution in [0.3, 0.4) is 0 Å². The molecule has 1 aromatic heterocycles. The molecule has 0 fully saturated rings. The molecule has 0 radical (unpaired) electrons. The van der Waals surface area contributed by atoms with Crippen LogP contribution in [0.4, 0.5) is 0 Å². The van der Waals surface area contributed by atoms with E-state index in [9.17, 15) is 0 Å². The molecule has 6 heteroatoms. The van der Waals surface area contributed by atoms with E-state index in [2.05, 4.69) is 34.6 Å². The standard InChI is InChI=1S/C13H16ClN3S2/c1-3-12-16-13(19-17-12)18-11-6-5-9(7-10(11)14)8-15-4-2/h5-7,15H,3-4,8H2,1-2H3. The van der Waals surface area contributed by atoms with Gasteiger partial charge in [-0.05, 0) is 35.8 Å². The first-order valence-electron chi connectivity index (χ1n) is 6.22. The lowest BCUT2D eigenvalue weighted by Crippen LogP contribution is -2.11. The first-order valence-corrected chi connectivity index (χ1v) is 8.19. The van der Waals surface area contributed by atoms with Gasteiger partial charge < -0.3 is 5.32 Å². The third-order valence-electron chi connectivity index (χ3n) is 2.54. The molecule has 0 aliphatic heterocycles. The predicted octanol–water partition coefficient (Wildman–Crippen LogP) is 4.01. The van der Waals surface area contributed by atoms with Crippen molar-refractivity contribution in [1.29, 1.82) is 0 Å². The fourth-order valence-electron chi connectivity index (χ4n) is 1.52. The Morgan fingerprint density at radius 1 is 1.37 bits per heavy atom. The van der Waals surface area contributed by atoms with Gasteiger partial charge in [-0.25, -0.2) is 4.98 Å². The molecule has 1 heterocycles. The zero-order chi connectivity index (χ0) is 13.7. The molecular weight excluding hydrogens is 298 g/mol. The zero-order valence-corrected chi connectivity index (χ0v) is 13.3. The van der Waals surface area contributed by atoms with Crippen LogP contribution < -0.4 is 5.32 Å². The summed E-state index contributed by atoms with van der Waals surface area (Å²) < 4.78 is 5.22. The lowest BCUT2D eigenvalue weighted by Gasteiger charge is -2.05. The highest BCUT2D eigenvalue weighted by molar-refractivity contribution is 8.01. The van der Waals surface area contributed by atoms with Gasteiger partial charge in [0.1, 0.15) is 5.82 Å². The van der Waals surface area contributed by atoms with E-state index >= 15 is 0 Å². The van der Waals surface area contributed by atoms with Crippen molar-refractivity contribution in [1.82, 2.24) is 14.7 Å². The Morgan fingerprint density at radius 2 is 2.21 bits per heavy atom. The number of halogens is 1. The number of rotatable bonds is 6. The van der Waals surface area contributed by atoms with Crippen molar-refractivity contribution >= 4 is 34.9 Å². The van der Waals surface area contributed by atoms with Crippen molar-refractivity contribution in [2.75, 3.05) is 6.54 Å². The van der Waals surface area contributed by atoms with Gasteiger partial charge >= 0.3 is 0 Å². The Morgan fingerprint density at radius 3 is 2.84 bits per heavy atom. The molecule has 0 aliphatic rings. The zero-order valence-electron chi connectivity index (χ0n) is 10.9. The van der Waals surface area contributed by atoms with E-state index in [1.165, 1.54) is 17.1 Å². The summed E-state index contributed by atoms with van der Waals surface area (Å²) in [6.07, 6.45) is 0.867. The van der Waals surface area contributed by atoms with Crippen LogP contribution in [0.1, 0.15) is 25.2 Å². The number of aromatic nitrogens is 2. The Labute approximate surface area is 127 Å². The van der Waals surface area contributed by atoms with Crippen molar-refractivity contribution in [2.24, 2.45) is 0 Å². The van der Waals surface area contributed by atoms with Gasteiger partial charge in [0.15, 0.2) is 4.34 Å². The molecule has 102 valence electrons. The average molecular weight is 314 g/mol. The maximum Gasteiger partial charge on any atom is 0.174 e. The molecule has 2 rings (SSSR count). The molecule has 0 atom stereocenters. The van der Waals surface area contributed by atoms with Crippen LogP contribution in [0.2, 0.25) is 5.02 Å². The summed E-state index contributed by atoms with van der Waals surface area (Å²) in [4.78, 5) is 5.46.